The first-order valence-corrected chi connectivity index (χ1v) is 6.89. The van der Waals surface area contributed by atoms with Gasteiger partial charge < -0.3 is 20.1 Å². The number of methoxy groups -OCH3 is 2. The molecule has 2 aromatic rings. The summed E-state index contributed by atoms with van der Waals surface area (Å²) in [5, 5.41) is 13.6. The van der Waals surface area contributed by atoms with E-state index in [-0.39, 0.29) is 5.91 Å². The van der Waals surface area contributed by atoms with E-state index in [1.54, 1.807) is 36.4 Å². The molecule has 23 heavy (non-hydrogen) atoms. The summed E-state index contributed by atoms with van der Waals surface area (Å²) in [6.07, 6.45) is 1.72. The molecule has 7 nitrogen and oxygen atoms in total. The molecule has 1 aromatic heterocycles. The molecular weight excluding hydrogens is 296 g/mol. The highest BCUT2D eigenvalue weighted by atomic mass is 16.5. The molecule has 0 radical (unpaired) electrons. The van der Waals surface area contributed by atoms with Gasteiger partial charge in [-0.1, -0.05) is 6.08 Å². The van der Waals surface area contributed by atoms with Crippen molar-refractivity contribution in [3.05, 3.63) is 48.6 Å². The molecule has 0 spiro atoms. The molecule has 0 fully saturated rings. The van der Waals surface area contributed by atoms with Crippen molar-refractivity contribution in [2.24, 2.45) is 0 Å². The second kappa shape index (κ2) is 7.79. The van der Waals surface area contributed by atoms with Gasteiger partial charge in [0.2, 0.25) is 0 Å². The van der Waals surface area contributed by atoms with Crippen LogP contribution in [0.2, 0.25) is 0 Å². The zero-order chi connectivity index (χ0) is 16.7. The fourth-order valence-corrected chi connectivity index (χ4v) is 1.84. The van der Waals surface area contributed by atoms with Crippen LogP contribution < -0.4 is 20.1 Å². The summed E-state index contributed by atoms with van der Waals surface area (Å²) in [5.41, 5.74) is 0.429. The van der Waals surface area contributed by atoms with E-state index in [1.807, 2.05) is 0 Å². The number of carbonyl (C=O) groups is 1. The molecule has 2 N–H and O–H groups in total. The lowest BCUT2D eigenvalue weighted by molar-refractivity contribution is 0.102. The number of amides is 1. The van der Waals surface area contributed by atoms with Crippen molar-refractivity contribution >= 4 is 17.5 Å². The molecule has 1 heterocycles. The molecule has 1 aromatic carbocycles. The number of aromatic nitrogens is 2. The first-order valence-electron chi connectivity index (χ1n) is 6.89. The molecule has 0 saturated heterocycles. The van der Waals surface area contributed by atoms with Gasteiger partial charge in [-0.3, -0.25) is 4.79 Å². The molecule has 0 unspecified atom stereocenters. The van der Waals surface area contributed by atoms with E-state index in [0.29, 0.717) is 35.2 Å². The van der Waals surface area contributed by atoms with Crippen molar-refractivity contribution < 1.29 is 14.3 Å². The predicted molar refractivity (Wildman–Crippen MR) is 88.2 cm³/mol. The monoisotopic (exact) mass is 314 g/mol. The number of hydrogen-bond acceptors (Lipinski definition) is 6. The van der Waals surface area contributed by atoms with E-state index < -0.39 is 0 Å². The molecule has 0 saturated carbocycles. The molecule has 2 rings (SSSR count). The van der Waals surface area contributed by atoms with Crippen LogP contribution in [0.4, 0.5) is 11.6 Å². The molecule has 0 aliphatic heterocycles. The Balaban J connectivity index is 2.08. The summed E-state index contributed by atoms with van der Waals surface area (Å²) in [4.78, 5) is 12.2. The van der Waals surface area contributed by atoms with E-state index >= 15 is 0 Å². The smallest absolute Gasteiger partial charge is 0.257 e. The van der Waals surface area contributed by atoms with Gasteiger partial charge in [-0.15, -0.1) is 16.8 Å². The van der Waals surface area contributed by atoms with Crippen molar-refractivity contribution in [2.45, 2.75) is 0 Å². The van der Waals surface area contributed by atoms with Gasteiger partial charge in [-0.25, -0.2) is 0 Å². The highest BCUT2D eigenvalue weighted by molar-refractivity contribution is 6.04. The number of hydrogen-bond donors (Lipinski definition) is 2. The molecule has 0 aliphatic rings. The van der Waals surface area contributed by atoms with Crippen molar-refractivity contribution in [2.75, 3.05) is 31.4 Å². The summed E-state index contributed by atoms with van der Waals surface area (Å²) in [6.45, 7) is 4.20. The first-order chi connectivity index (χ1) is 11.2. The minimum atomic E-state index is -0.313. The Hall–Kier alpha value is -3.09. The van der Waals surface area contributed by atoms with Crippen LogP contribution in [0, 0.1) is 0 Å². The SMILES string of the molecule is C=CCNc1ccc(NC(=O)c2ccc(OC)c(OC)c2)nn1. The Morgan fingerprint density at radius 2 is 1.83 bits per heavy atom. The standard InChI is InChI=1S/C16H18N4O3/c1-4-9-17-14-7-8-15(20-19-14)18-16(21)11-5-6-12(22-2)13(10-11)23-3/h4-8,10H,1,9H2,2-3H3,(H,17,19)(H,18,20,21). The van der Waals surface area contributed by atoms with Crippen LogP contribution in [0.1, 0.15) is 10.4 Å². The van der Waals surface area contributed by atoms with Gasteiger partial charge in [0.05, 0.1) is 14.2 Å². The van der Waals surface area contributed by atoms with Gasteiger partial charge >= 0.3 is 0 Å². The van der Waals surface area contributed by atoms with Crippen LogP contribution >= 0.6 is 0 Å². The van der Waals surface area contributed by atoms with Gasteiger partial charge in [-0.2, -0.15) is 0 Å². The van der Waals surface area contributed by atoms with Crippen molar-refractivity contribution in [3.8, 4) is 11.5 Å². The number of nitrogens with zero attached hydrogens (tertiary/aromatic N) is 2. The topological polar surface area (TPSA) is 85.4 Å². The minimum absolute atomic E-state index is 0.313. The second-order valence-electron chi connectivity index (χ2n) is 4.50. The molecular formula is C16H18N4O3. The summed E-state index contributed by atoms with van der Waals surface area (Å²) < 4.78 is 10.3. The molecule has 1 amide bonds. The van der Waals surface area contributed by atoms with Crippen molar-refractivity contribution in [1.82, 2.24) is 10.2 Å². The van der Waals surface area contributed by atoms with E-state index in [1.165, 1.54) is 14.2 Å². The Morgan fingerprint density at radius 1 is 1.13 bits per heavy atom. The lowest BCUT2D eigenvalue weighted by Crippen LogP contribution is -2.14. The fraction of sp³-hybridized carbons (Fsp3) is 0.188. The maximum Gasteiger partial charge on any atom is 0.257 e. The average Bonchev–Trinajstić information content (AvgIpc) is 2.60. The van der Waals surface area contributed by atoms with Gasteiger partial charge in [0.25, 0.3) is 5.91 Å². The van der Waals surface area contributed by atoms with Crippen molar-refractivity contribution in [1.29, 1.82) is 0 Å². The van der Waals surface area contributed by atoms with Crippen molar-refractivity contribution in [3.63, 3.8) is 0 Å². The third kappa shape index (κ3) is 4.19. The quantitative estimate of drug-likeness (QED) is 0.763. The number of anilines is 2. The first kappa shape index (κ1) is 16.3. The predicted octanol–water partition coefficient (Wildman–Crippen LogP) is 2.34. The summed E-state index contributed by atoms with van der Waals surface area (Å²) in [7, 11) is 3.05. The third-order valence-corrected chi connectivity index (χ3v) is 2.98. The summed E-state index contributed by atoms with van der Waals surface area (Å²) in [6, 6.07) is 8.30. The number of benzene rings is 1. The Labute approximate surface area is 134 Å². The third-order valence-electron chi connectivity index (χ3n) is 2.98. The lowest BCUT2D eigenvalue weighted by Gasteiger charge is -2.09. The van der Waals surface area contributed by atoms with Crippen LogP contribution in [0.15, 0.2) is 43.0 Å². The molecule has 0 atom stereocenters. The largest absolute Gasteiger partial charge is 0.493 e. The summed E-state index contributed by atoms with van der Waals surface area (Å²) >= 11 is 0. The van der Waals surface area contributed by atoms with E-state index in [4.69, 9.17) is 9.47 Å². The average molecular weight is 314 g/mol. The zero-order valence-corrected chi connectivity index (χ0v) is 13.0. The van der Waals surface area contributed by atoms with Gasteiger partial charge in [0.15, 0.2) is 17.3 Å². The van der Waals surface area contributed by atoms with Gasteiger partial charge in [0.1, 0.15) is 5.82 Å². The van der Waals surface area contributed by atoms with Gasteiger partial charge in [0, 0.05) is 12.1 Å². The molecule has 0 bridgehead atoms. The van der Waals surface area contributed by atoms with E-state index in [0.717, 1.165) is 0 Å². The lowest BCUT2D eigenvalue weighted by atomic mass is 10.2. The highest BCUT2D eigenvalue weighted by Gasteiger charge is 2.11. The number of rotatable bonds is 7. The van der Waals surface area contributed by atoms with Gasteiger partial charge in [-0.05, 0) is 30.3 Å². The van der Waals surface area contributed by atoms with Crippen LogP contribution in [0.5, 0.6) is 11.5 Å². The minimum Gasteiger partial charge on any atom is -0.493 e. The van der Waals surface area contributed by atoms with Crippen LogP contribution in [0.3, 0.4) is 0 Å². The van der Waals surface area contributed by atoms with Crippen LogP contribution in [-0.4, -0.2) is 36.9 Å². The Bertz CT molecular complexity index is 686. The maximum atomic E-state index is 12.2. The Kier molecular flexibility index (Phi) is 5.51. The molecule has 7 heteroatoms. The number of carbonyl (C=O) groups excluding carboxylic acids is 1. The maximum absolute atomic E-state index is 12.2. The van der Waals surface area contributed by atoms with E-state index in [9.17, 15) is 4.79 Å². The second-order valence-corrected chi connectivity index (χ2v) is 4.50. The fourth-order valence-electron chi connectivity index (χ4n) is 1.84. The summed E-state index contributed by atoms with van der Waals surface area (Å²) in [5.74, 6) is 1.69. The van der Waals surface area contributed by atoms with E-state index in [2.05, 4.69) is 27.4 Å². The zero-order valence-electron chi connectivity index (χ0n) is 13.0. The molecule has 0 aliphatic carbocycles. The highest BCUT2D eigenvalue weighted by Crippen LogP contribution is 2.27. The number of ether oxygens (including phenoxy) is 2. The number of nitrogens with one attached hydrogen (secondary N) is 2. The van der Waals surface area contributed by atoms with Crippen LogP contribution in [0.25, 0.3) is 0 Å². The van der Waals surface area contributed by atoms with Crippen LogP contribution in [-0.2, 0) is 0 Å². The normalized spacial score (nSPS) is 9.83. The molecule has 120 valence electrons. The Morgan fingerprint density at radius 3 is 2.43 bits per heavy atom.